The second-order valence-electron chi connectivity index (χ2n) is 7.57. The number of esters is 1. The van der Waals surface area contributed by atoms with Crippen LogP contribution >= 0.6 is 0 Å². The second kappa shape index (κ2) is 6.97. The fourth-order valence-electron chi connectivity index (χ4n) is 4.92. The number of carbonyl (C=O) groups is 1. The molecule has 2 heterocycles. The largest absolute Gasteiger partial charge is 1.00 e. The monoisotopic (exact) mass is 359 g/mol. The highest BCUT2D eigenvalue weighted by Gasteiger charge is 2.51. The lowest BCUT2D eigenvalue weighted by Gasteiger charge is -2.46. The summed E-state index contributed by atoms with van der Waals surface area (Å²) in [5.74, 6) is -0.163. The number of quaternary nitrogens is 1. The van der Waals surface area contributed by atoms with Crippen LogP contribution in [0.25, 0.3) is 10.8 Å². The van der Waals surface area contributed by atoms with Crippen LogP contribution in [-0.4, -0.2) is 42.2 Å². The molecule has 4 rings (SSSR count). The molecule has 0 N–H and O–H groups in total. The van der Waals surface area contributed by atoms with Crippen LogP contribution in [0.3, 0.4) is 0 Å². The van der Waals surface area contributed by atoms with Gasteiger partial charge in [-0.15, -0.1) is 0 Å². The van der Waals surface area contributed by atoms with Gasteiger partial charge in [0.25, 0.3) is 0 Å². The summed E-state index contributed by atoms with van der Waals surface area (Å²) in [6, 6.07) is 15.2. The highest BCUT2D eigenvalue weighted by molar-refractivity contribution is 6.04. The number of hydrogen-bond donors (Lipinski definition) is 0. The summed E-state index contributed by atoms with van der Waals surface area (Å²) in [6.45, 7) is 3.47. The van der Waals surface area contributed by atoms with Crippen LogP contribution in [0.5, 0.6) is 0 Å². The summed E-state index contributed by atoms with van der Waals surface area (Å²) in [5.41, 5.74) is 0.693. The van der Waals surface area contributed by atoms with Gasteiger partial charge in [0, 0.05) is 25.7 Å². The molecule has 0 spiro atoms. The van der Waals surface area contributed by atoms with Gasteiger partial charge in [-0.05, 0) is 23.8 Å². The average molecular weight is 360 g/mol. The lowest BCUT2D eigenvalue weighted by Crippen LogP contribution is -3.00. The first-order chi connectivity index (χ1) is 11.6. The fourth-order valence-corrected chi connectivity index (χ4v) is 4.92. The molecule has 2 fully saturated rings. The Kier molecular flexibility index (Phi) is 5.08. The number of rotatable bonds is 3. The molecule has 2 saturated heterocycles. The van der Waals surface area contributed by atoms with E-state index in [4.69, 9.17) is 4.74 Å². The SMILES string of the molecule is CC[N+]1(C)C2CCC1CC(OC(=O)c1cccc3ccccc13)C2.[Cl-]. The Morgan fingerprint density at radius 3 is 2.40 bits per heavy atom. The van der Waals surface area contributed by atoms with Crippen molar-refractivity contribution in [2.75, 3.05) is 13.6 Å². The van der Waals surface area contributed by atoms with E-state index >= 15 is 0 Å². The highest BCUT2D eigenvalue weighted by atomic mass is 35.5. The van der Waals surface area contributed by atoms with Gasteiger partial charge in [-0.2, -0.15) is 0 Å². The van der Waals surface area contributed by atoms with E-state index in [2.05, 4.69) is 14.0 Å². The molecule has 2 aromatic rings. The van der Waals surface area contributed by atoms with Gasteiger partial charge in [0.15, 0.2) is 0 Å². The van der Waals surface area contributed by atoms with Gasteiger partial charge >= 0.3 is 5.97 Å². The Bertz CT molecular complexity index is 756. The molecule has 2 atom stereocenters. The zero-order valence-corrected chi connectivity index (χ0v) is 15.7. The standard InChI is InChI=1S/C21H26NO2.ClH/c1-3-22(2)16-11-12-17(22)14-18(13-16)24-21(23)20-10-6-8-15-7-4-5-9-19(15)20;/h4-10,16-18H,3,11-14H2,1-2H3;1H/q+1;/p-1. The summed E-state index contributed by atoms with van der Waals surface area (Å²) in [5, 5.41) is 2.07. The van der Waals surface area contributed by atoms with E-state index in [9.17, 15) is 4.79 Å². The summed E-state index contributed by atoms with van der Waals surface area (Å²) in [4.78, 5) is 12.8. The number of fused-ring (bicyclic) bond motifs is 3. The molecule has 0 aliphatic carbocycles. The lowest BCUT2D eigenvalue weighted by atomic mass is 9.96. The summed E-state index contributed by atoms with van der Waals surface area (Å²) in [7, 11) is 2.38. The summed E-state index contributed by atoms with van der Waals surface area (Å²) in [6.07, 6.45) is 4.65. The van der Waals surface area contributed by atoms with E-state index in [1.54, 1.807) is 0 Å². The molecule has 2 bridgehead atoms. The summed E-state index contributed by atoms with van der Waals surface area (Å²) >= 11 is 0. The number of carbonyl (C=O) groups excluding carboxylic acids is 1. The summed E-state index contributed by atoms with van der Waals surface area (Å²) < 4.78 is 7.12. The highest BCUT2D eigenvalue weighted by Crippen LogP contribution is 2.42. The molecule has 2 aliphatic rings. The normalized spacial score (nSPS) is 30.7. The van der Waals surface area contributed by atoms with Crippen molar-refractivity contribution in [1.29, 1.82) is 0 Å². The number of hydrogen-bond acceptors (Lipinski definition) is 2. The van der Waals surface area contributed by atoms with E-state index < -0.39 is 0 Å². The quantitative estimate of drug-likeness (QED) is 0.607. The lowest BCUT2D eigenvalue weighted by molar-refractivity contribution is -0.947. The van der Waals surface area contributed by atoms with Crippen LogP contribution in [0.15, 0.2) is 42.5 Å². The fraction of sp³-hybridized carbons (Fsp3) is 0.476. The Hall–Kier alpha value is -1.58. The molecule has 0 saturated carbocycles. The molecular weight excluding hydrogens is 334 g/mol. The molecule has 25 heavy (non-hydrogen) atoms. The minimum absolute atomic E-state index is 0. The predicted molar refractivity (Wildman–Crippen MR) is 95.9 cm³/mol. The van der Waals surface area contributed by atoms with Gasteiger partial charge in [-0.1, -0.05) is 36.4 Å². The van der Waals surface area contributed by atoms with E-state index in [1.165, 1.54) is 23.9 Å². The first kappa shape index (κ1) is 18.2. The van der Waals surface area contributed by atoms with E-state index in [0.717, 1.165) is 23.6 Å². The van der Waals surface area contributed by atoms with E-state index in [1.807, 2.05) is 42.5 Å². The van der Waals surface area contributed by atoms with Crippen molar-refractivity contribution in [2.24, 2.45) is 0 Å². The Balaban J connectivity index is 0.00000182. The zero-order chi connectivity index (χ0) is 16.7. The van der Waals surface area contributed by atoms with Gasteiger partial charge in [0.1, 0.15) is 6.10 Å². The topological polar surface area (TPSA) is 26.3 Å². The molecule has 2 aliphatic heterocycles. The van der Waals surface area contributed by atoms with Crippen LogP contribution in [-0.2, 0) is 4.74 Å². The van der Waals surface area contributed by atoms with Crippen molar-refractivity contribution in [2.45, 2.75) is 50.8 Å². The van der Waals surface area contributed by atoms with Crippen LogP contribution < -0.4 is 12.4 Å². The minimum Gasteiger partial charge on any atom is -1.00 e. The predicted octanol–water partition coefficient (Wildman–Crippen LogP) is 1.16. The van der Waals surface area contributed by atoms with Crippen molar-refractivity contribution >= 4 is 16.7 Å². The Labute approximate surface area is 156 Å². The third-order valence-electron chi connectivity index (χ3n) is 6.54. The molecule has 134 valence electrons. The van der Waals surface area contributed by atoms with Gasteiger partial charge in [0.05, 0.1) is 31.2 Å². The van der Waals surface area contributed by atoms with Crippen LogP contribution in [0.2, 0.25) is 0 Å². The van der Waals surface area contributed by atoms with Crippen molar-refractivity contribution in [3.63, 3.8) is 0 Å². The average Bonchev–Trinajstić information content (AvgIpc) is 2.78. The van der Waals surface area contributed by atoms with Crippen LogP contribution in [0.4, 0.5) is 0 Å². The molecule has 4 heteroatoms. The number of ether oxygens (including phenoxy) is 1. The molecule has 0 radical (unpaired) electrons. The Morgan fingerprint density at radius 1 is 1.08 bits per heavy atom. The van der Waals surface area contributed by atoms with Crippen LogP contribution in [0.1, 0.15) is 43.0 Å². The first-order valence-electron chi connectivity index (χ1n) is 9.15. The van der Waals surface area contributed by atoms with Crippen molar-refractivity contribution < 1.29 is 26.4 Å². The zero-order valence-electron chi connectivity index (χ0n) is 15.0. The number of piperidine rings is 1. The van der Waals surface area contributed by atoms with Gasteiger partial charge in [-0.3, -0.25) is 0 Å². The number of benzene rings is 2. The third-order valence-corrected chi connectivity index (χ3v) is 6.54. The molecule has 2 aromatic carbocycles. The maximum atomic E-state index is 12.8. The Morgan fingerprint density at radius 2 is 1.72 bits per heavy atom. The first-order valence-corrected chi connectivity index (χ1v) is 9.15. The molecular formula is C21H26ClNO2. The number of nitrogens with zero attached hydrogens (tertiary/aromatic N) is 1. The second-order valence-corrected chi connectivity index (χ2v) is 7.57. The maximum Gasteiger partial charge on any atom is 0.339 e. The van der Waals surface area contributed by atoms with Crippen molar-refractivity contribution in [1.82, 2.24) is 0 Å². The maximum absolute atomic E-state index is 12.8. The molecule has 0 amide bonds. The molecule has 3 nitrogen and oxygen atoms in total. The van der Waals surface area contributed by atoms with E-state index in [0.29, 0.717) is 17.6 Å². The number of halogens is 1. The molecule has 2 unspecified atom stereocenters. The van der Waals surface area contributed by atoms with Crippen molar-refractivity contribution in [3.05, 3.63) is 48.0 Å². The smallest absolute Gasteiger partial charge is 0.339 e. The van der Waals surface area contributed by atoms with Crippen LogP contribution in [0, 0.1) is 0 Å². The minimum atomic E-state index is -0.163. The van der Waals surface area contributed by atoms with Crippen molar-refractivity contribution in [3.8, 4) is 0 Å². The van der Waals surface area contributed by atoms with Gasteiger partial charge < -0.3 is 21.6 Å². The molecule has 0 aromatic heterocycles. The van der Waals surface area contributed by atoms with Gasteiger partial charge in [0.2, 0.25) is 0 Å². The van der Waals surface area contributed by atoms with Gasteiger partial charge in [-0.25, -0.2) is 4.79 Å². The van der Waals surface area contributed by atoms with E-state index in [-0.39, 0.29) is 24.5 Å². The third kappa shape index (κ3) is 3.04.